The summed E-state index contributed by atoms with van der Waals surface area (Å²) >= 11 is 5.47. The number of sulfonamides is 1. The molecular weight excluding hydrogens is 329 g/mol. The standard InChI is InChI=1S/C11H13ClFNO6S/c1-19-9(20-2)5-14-21(17,18)6-3-7(11(15)16)10(12)8(13)4-6/h3-4,9,14H,5H2,1-2H3,(H,15,16). The molecule has 0 unspecified atom stereocenters. The van der Waals surface area contributed by atoms with Gasteiger partial charge in [-0.3, -0.25) is 0 Å². The Bertz CT molecular complexity index is 632. The minimum atomic E-state index is -4.14. The molecule has 21 heavy (non-hydrogen) atoms. The molecule has 118 valence electrons. The zero-order valence-corrected chi connectivity index (χ0v) is 12.7. The number of hydrogen-bond donors (Lipinski definition) is 2. The normalized spacial score (nSPS) is 11.9. The first-order valence-electron chi connectivity index (χ1n) is 5.50. The average molecular weight is 342 g/mol. The lowest BCUT2D eigenvalue weighted by Gasteiger charge is -2.14. The lowest BCUT2D eigenvalue weighted by Crippen LogP contribution is -2.34. The van der Waals surface area contributed by atoms with Gasteiger partial charge in [-0.2, -0.15) is 0 Å². The SMILES string of the molecule is COC(CNS(=O)(=O)c1cc(F)c(Cl)c(C(=O)O)c1)OC. The number of aromatic carboxylic acids is 1. The minimum Gasteiger partial charge on any atom is -0.478 e. The van der Waals surface area contributed by atoms with E-state index in [2.05, 4.69) is 4.72 Å². The van der Waals surface area contributed by atoms with Crippen LogP contribution in [0.3, 0.4) is 0 Å². The van der Waals surface area contributed by atoms with Crippen LogP contribution in [0, 0.1) is 5.82 Å². The minimum absolute atomic E-state index is 0.234. The highest BCUT2D eigenvalue weighted by Crippen LogP contribution is 2.24. The summed E-state index contributed by atoms with van der Waals surface area (Å²) in [4.78, 5) is 10.3. The molecule has 0 heterocycles. The number of nitrogens with one attached hydrogen (secondary N) is 1. The molecule has 0 aliphatic heterocycles. The molecule has 0 saturated heterocycles. The first-order chi connectivity index (χ1) is 9.72. The van der Waals surface area contributed by atoms with E-state index in [0.717, 1.165) is 6.07 Å². The monoisotopic (exact) mass is 341 g/mol. The lowest BCUT2D eigenvalue weighted by molar-refractivity contribution is -0.0960. The van der Waals surface area contributed by atoms with Gasteiger partial charge in [-0.15, -0.1) is 0 Å². The molecule has 0 radical (unpaired) electrons. The summed E-state index contributed by atoms with van der Waals surface area (Å²) in [5.74, 6) is -2.69. The highest BCUT2D eigenvalue weighted by atomic mass is 35.5. The van der Waals surface area contributed by atoms with Crippen molar-refractivity contribution in [3.63, 3.8) is 0 Å². The van der Waals surface area contributed by atoms with Gasteiger partial charge in [-0.05, 0) is 12.1 Å². The fourth-order valence-electron chi connectivity index (χ4n) is 1.40. The molecule has 10 heteroatoms. The Kier molecular flexibility index (Phi) is 6.05. The highest BCUT2D eigenvalue weighted by Gasteiger charge is 2.22. The van der Waals surface area contributed by atoms with Crippen molar-refractivity contribution in [2.75, 3.05) is 20.8 Å². The van der Waals surface area contributed by atoms with Gasteiger partial charge in [0, 0.05) is 14.2 Å². The topological polar surface area (TPSA) is 102 Å². The van der Waals surface area contributed by atoms with Crippen LogP contribution in [0.2, 0.25) is 5.02 Å². The second-order valence-electron chi connectivity index (χ2n) is 3.82. The Morgan fingerprint density at radius 3 is 2.48 bits per heavy atom. The summed E-state index contributed by atoms with van der Waals surface area (Å²) in [5, 5.41) is 8.21. The fourth-order valence-corrected chi connectivity index (χ4v) is 2.64. The van der Waals surface area contributed by atoms with Crippen LogP contribution in [0.25, 0.3) is 0 Å². The molecule has 7 nitrogen and oxygen atoms in total. The van der Waals surface area contributed by atoms with Gasteiger partial charge in [0.1, 0.15) is 5.82 Å². The van der Waals surface area contributed by atoms with Crippen LogP contribution in [0.4, 0.5) is 4.39 Å². The highest BCUT2D eigenvalue weighted by molar-refractivity contribution is 7.89. The molecule has 1 aromatic carbocycles. The number of carbonyl (C=O) groups is 1. The third-order valence-electron chi connectivity index (χ3n) is 2.51. The number of hydrogen-bond acceptors (Lipinski definition) is 5. The van der Waals surface area contributed by atoms with E-state index in [1.807, 2.05) is 0 Å². The van der Waals surface area contributed by atoms with E-state index in [4.69, 9.17) is 26.2 Å². The van der Waals surface area contributed by atoms with Gasteiger partial charge in [-0.25, -0.2) is 22.3 Å². The summed E-state index contributed by atoms with van der Waals surface area (Å²) in [7, 11) is -1.52. The molecule has 0 spiro atoms. The Hall–Kier alpha value is -1.26. The zero-order valence-electron chi connectivity index (χ0n) is 11.1. The zero-order chi connectivity index (χ0) is 16.2. The summed E-state index contributed by atoms with van der Waals surface area (Å²) in [6.45, 7) is -0.234. The molecule has 0 fully saturated rings. The second kappa shape index (κ2) is 7.14. The first kappa shape index (κ1) is 17.8. The predicted molar refractivity (Wildman–Crippen MR) is 71.4 cm³/mol. The molecule has 1 aromatic rings. The van der Waals surface area contributed by atoms with E-state index < -0.39 is 43.6 Å². The van der Waals surface area contributed by atoms with Gasteiger partial charge < -0.3 is 14.6 Å². The van der Waals surface area contributed by atoms with Gasteiger partial charge >= 0.3 is 5.97 Å². The van der Waals surface area contributed by atoms with Crippen molar-refractivity contribution in [1.82, 2.24) is 4.72 Å². The van der Waals surface area contributed by atoms with Crippen molar-refractivity contribution in [2.45, 2.75) is 11.2 Å². The second-order valence-corrected chi connectivity index (χ2v) is 5.97. The van der Waals surface area contributed by atoms with E-state index in [9.17, 15) is 17.6 Å². The molecule has 0 saturated carbocycles. The van der Waals surface area contributed by atoms with E-state index in [-0.39, 0.29) is 6.54 Å². The lowest BCUT2D eigenvalue weighted by atomic mass is 10.2. The van der Waals surface area contributed by atoms with Crippen molar-refractivity contribution >= 4 is 27.6 Å². The largest absolute Gasteiger partial charge is 0.478 e. The van der Waals surface area contributed by atoms with Crippen molar-refractivity contribution in [3.8, 4) is 0 Å². The van der Waals surface area contributed by atoms with Crippen molar-refractivity contribution < 1.29 is 32.2 Å². The van der Waals surface area contributed by atoms with Crippen LogP contribution < -0.4 is 4.72 Å². The van der Waals surface area contributed by atoms with Crippen LogP contribution in [0.5, 0.6) is 0 Å². The molecule has 0 aliphatic carbocycles. The smallest absolute Gasteiger partial charge is 0.337 e. The first-order valence-corrected chi connectivity index (χ1v) is 7.36. The maximum absolute atomic E-state index is 13.5. The quantitative estimate of drug-likeness (QED) is 0.719. The number of carboxylic acids is 1. The summed E-state index contributed by atoms with van der Waals surface area (Å²) in [6.07, 6.45) is -0.837. The number of rotatable bonds is 7. The van der Waals surface area contributed by atoms with E-state index in [1.54, 1.807) is 0 Å². The molecule has 0 aliphatic rings. The number of methoxy groups -OCH3 is 2. The number of halogens is 2. The van der Waals surface area contributed by atoms with Crippen LogP contribution >= 0.6 is 11.6 Å². The summed E-state index contributed by atoms with van der Waals surface area (Å²) < 4.78 is 49.2. The maximum atomic E-state index is 13.5. The Morgan fingerprint density at radius 1 is 1.43 bits per heavy atom. The van der Waals surface area contributed by atoms with Crippen molar-refractivity contribution in [2.24, 2.45) is 0 Å². The van der Waals surface area contributed by atoms with Gasteiger partial charge in [-0.1, -0.05) is 11.6 Å². The van der Waals surface area contributed by atoms with E-state index >= 15 is 0 Å². The molecular formula is C11H13ClFNO6S. The van der Waals surface area contributed by atoms with E-state index in [0.29, 0.717) is 6.07 Å². The van der Waals surface area contributed by atoms with Gasteiger partial charge in [0.05, 0.1) is 22.0 Å². The number of benzene rings is 1. The summed E-state index contributed by atoms with van der Waals surface area (Å²) in [5.41, 5.74) is -0.646. The van der Waals surface area contributed by atoms with Gasteiger partial charge in [0.2, 0.25) is 10.0 Å². The van der Waals surface area contributed by atoms with Crippen molar-refractivity contribution in [1.29, 1.82) is 0 Å². The predicted octanol–water partition coefficient (Wildman–Crippen LogP) is 1.07. The molecule has 0 atom stereocenters. The van der Waals surface area contributed by atoms with Gasteiger partial charge in [0.15, 0.2) is 6.29 Å². The third kappa shape index (κ3) is 4.35. The van der Waals surface area contributed by atoms with Gasteiger partial charge in [0.25, 0.3) is 0 Å². The Balaban J connectivity index is 3.12. The number of ether oxygens (including phenoxy) is 2. The number of carboxylic acid groups (broad SMARTS) is 1. The molecule has 2 N–H and O–H groups in total. The molecule has 0 amide bonds. The Morgan fingerprint density at radius 2 is 2.00 bits per heavy atom. The Labute approximate surface area is 125 Å². The third-order valence-corrected chi connectivity index (χ3v) is 4.30. The van der Waals surface area contributed by atoms with E-state index in [1.165, 1.54) is 14.2 Å². The molecule has 0 bridgehead atoms. The molecule has 0 aromatic heterocycles. The fraction of sp³-hybridized carbons (Fsp3) is 0.364. The molecule has 1 rings (SSSR count). The summed E-state index contributed by atoms with van der Waals surface area (Å²) in [6, 6.07) is 1.40. The van der Waals surface area contributed by atoms with Crippen LogP contribution in [-0.2, 0) is 19.5 Å². The van der Waals surface area contributed by atoms with Crippen LogP contribution in [-0.4, -0.2) is 46.5 Å². The maximum Gasteiger partial charge on any atom is 0.337 e. The van der Waals surface area contributed by atoms with Crippen LogP contribution in [0.15, 0.2) is 17.0 Å². The average Bonchev–Trinajstić information content (AvgIpc) is 2.42. The van der Waals surface area contributed by atoms with Crippen molar-refractivity contribution in [3.05, 3.63) is 28.5 Å². The van der Waals surface area contributed by atoms with Crippen LogP contribution in [0.1, 0.15) is 10.4 Å².